The molecule has 2 saturated carbocycles. The fraction of sp³-hybridized carbons (Fsp3) is 0.778. The molecular weight excluding hydrogens is 350 g/mol. The van der Waals surface area contributed by atoms with Gasteiger partial charge in [0, 0.05) is 38.3 Å². The van der Waals surface area contributed by atoms with E-state index in [1.807, 2.05) is 4.90 Å². The molecule has 0 unspecified atom stereocenters. The molecule has 0 atom stereocenters. The first kappa shape index (κ1) is 18.4. The van der Waals surface area contributed by atoms with E-state index in [0.29, 0.717) is 38.8 Å². The van der Waals surface area contributed by atoms with Crippen LogP contribution < -0.4 is 5.32 Å². The summed E-state index contributed by atoms with van der Waals surface area (Å²) in [6.45, 7) is 3.26. The van der Waals surface area contributed by atoms with Crippen LogP contribution in [0, 0.1) is 0 Å². The third-order valence-corrected chi connectivity index (χ3v) is 5.89. The molecule has 1 N–H and O–H groups in total. The lowest BCUT2D eigenvalue weighted by molar-refractivity contribution is -0.144. The molecule has 4 rings (SSSR count). The Hall–Kier alpha value is -2.00. The van der Waals surface area contributed by atoms with E-state index in [0.717, 1.165) is 43.4 Å². The molecule has 4 aliphatic rings. The Balaban J connectivity index is 1.27. The summed E-state index contributed by atoms with van der Waals surface area (Å²) >= 11 is 0. The van der Waals surface area contributed by atoms with Gasteiger partial charge in [-0.25, -0.2) is 9.69 Å². The topological polar surface area (TPSA) is 93.3 Å². The molecule has 2 aliphatic carbocycles. The molecule has 2 saturated heterocycles. The number of hydrogen-bond donors (Lipinski definition) is 1. The number of carbonyl (C=O) groups excluding carboxylic acids is 4. The van der Waals surface area contributed by atoms with E-state index >= 15 is 0 Å². The van der Waals surface area contributed by atoms with Crippen molar-refractivity contribution < 1.29 is 19.2 Å². The van der Waals surface area contributed by atoms with Gasteiger partial charge < -0.3 is 5.32 Å². The van der Waals surface area contributed by atoms with Gasteiger partial charge in [0.1, 0.15) is 0 Å². The molecule has 148 valence electrons. The second-order valence-electron chi connectivity index (χ2n) is 8.01. The maximum Gasteiger partial charge on any atom is 0.335 e. The summed E-state index contributed by atoms with van der Waals surface area (Å²) in [5.74, 6) is -1.32. The van der Waals surface area contributed by atoms with Crippen LogP contribution in [0.4, 0.5) is 4.79 Å². The SMILES string of the molecule is O=C(CN1CCN(CN2C(=O)C(=O)N(C3CCCC3)C2=O)CC1)NC1CC1. The third-order valence-electron chi connectivity index (χ3n) is 5.89. The minimum atomic E-state index is -0.710. The largest absolute Gasteiger partial charge is 0.352 e. The smallest absolute Gasteiger partial charge is 0.335 e. The van der Waals surface area contributed by atoms with Crippen molar-refractivity contribution in [1.82, 2.24) is 24.9 Å². The summed E-state index contributed by atoms with van der Waals surface area (Å²) < 4.78 is 0. The van der Waals surface area contributed by atoms with Crippen molar-refractivity contribution in [2.24, 2.45) is 0 Å². The van der Waals surface area contributed by atoms with Gasteiger partial charge in [0.2, 0.25) is 5.91 Å². The third kappa shape index (κ3) is 3.98. The van der Waals surface area contributed by atoms with Crippen LogP contribution in [0.5, 0.6) is 0 Å². The highest BCUT2D eigenvalue weighted by Crippen LogP contribution is 2.27. The van der Waals surface area contributed by atoms with Crippen molar-refractivity contribution >= 4 is 23.8 Å². The molecule has 27 heavy (non-hydrogen) atoms. The van der Waals surface area contributed by atoms with Gasteiger partial charge in [-0.3, -0.25) is 29.1 Å². The number of piperazine rings is 1. The van der Waals surface area contributed by atoms with Crippen LogP contribution in [0.15, 0.2) is 0 Å². The number of hydrogen-bond acceptors (Lipinski definition) is 6. The average molecular weight is 377 g/mol. The molecule has 0 spiro atoms. The van der Waals surface area contributed by atoms with Gasteiger partial charge in [-0.15, -0.1) is 0 Å². The number of nitrogens with zero attached hydrogens (tertiary/aromatic N) is 4. The molecule has 0 aromatic rings. The van der Waals surface area contributed by atoms with Crippen LogP contribution >= 0.6 is 0 Å². The van der Waals surface area contributed by atoms with Crippen LogP contribution in [0.2, 0.25) is 0 Å². The van der Waals surface area contributed by atoms with Gasteiger partial charge in [0.15, 0.2) is 0 Å². The van der Waals surface area contributed by atoms with Crippen LogP contribution in [0.3, 0.4) is 0 Å². The molecule has 2 aliphatic heterocycles. The van der Waals surface area contributed by atoms with Crippen molar-refractivity contribution in [2.75, 3.05) is 39.4 Å². The maximum atomic E-state index is 12.6. The number of carbonyl (C=O) groups is 4. The lowest BCUT2D eigenvalue weighted by Gasteiger charge is -2.35. The molecule has 9 heteroatoms. The molecule has 4 fully saturated rings. The van der Waals surface area contributed by atoms with Gasteiger partial charge in [0.05, 0.1) is 13.2 Å². The zero-order chi connectivity index (χ0) is 19.0. The molecule has 0 bridgehead atoms. The van der Waals surface area contributed by atoms with E-state index in [1.165, 1.54) is 4.90 Å². The summed E-state index contributed by atoms with van der Waals surface area (Å²) in [5, 5.41) is 2.98. The van der Waals surface area contributed by atoms with Crippen LogP contribution in [0.1, 0.15) is 38.5 Å². The summed E-state index contributed by atoms with van der Waals surface area (Å²) in [5.41, 5.74) is 0. The second-order valence-corrected chi connectivity index (χ2v) is 8.01. The second kappa shape index (κ2) is 7.55. The quantitative estimate of drug-likeness (QED) is 0.499. The highest BCUT2D eigenvalue weighted by Gasteiger charge is 2.48. The monoisotopic (exact) mass is 377 g/mol. The first-order chi connectivity index (χ1) is 13.0. The summed E-state index contributed by atoms with van der Waals surface area (Å²) in [7, 11) is 0. The van der Waals surface area contributed by atoms with Gasteiger partial charge in [-0.1, -0.05) is 12.8 Å². The van der Waals surface area contributed by atoms with E-state index in [9.17, 15) is 19.2 Å². The molecular formula is C18H27N5O4. The van der Waals surface area contributed by atoms with Gasteiger partial charge in [-0.05, 0) is 25.7 Å². The Labute approximate surface area is 158 Å². The predicted molar refractivity (Wildman–Crippen MR) is 95.4 cm³/mol. The Morgan fingerprint density at radius 3 is 2.15 bits per heavy atom. The maximum absolute atomic E-state index is 12.6. The lowest BCUT2D eigenvalue weighted by atomic mass is 10.2. The number of amides is 5. The minimum Gasteiger partial charge on any atom is -0.352 e. The van der Waals surface area contributed by atoms with Crippen molar-refractivity contribution in [1.29, 1.82) is 0 Å². The van der Waals surface area contributed by atoms with Gasteiger partial charge in [0.25, 0.3) is 0 Å². The predicted octanol–water partition coefficient (Wildman–Crippen LogP) is -0.426. The Morgan fingerprint density at radius 2 is 1.52 bits per heavy atom. The first-order valence-electron chi connectivity index (χ1n) is 9.96. The van der Waals surface area contributed by atoms with E-state index in [1.54, 1.807) is 0 Å². The number of nitrogens with one attached hydrogen (secondary N) is 1. The Kier molecular flexibility index (Phi) is 5.14. The standard InChI is InChI=1S/C18H27N5O4/c24-15(19-13-5-6-13)11-20-7-9-21(10-8-20)12-22-16(25)17(26)23(18(22)27)14-3-1-2-4-14/h13-14H,1-12H2,(H,19,24). The normalized spacial score (nSPS) is 25.7. The number of rotatable bonds is 6. The highest BCUT2D eigenvalue weighted by atomic mass is 16.2. The molecule has 9 nitrogen and oxygen atoms in total. The lowest BCUT2D eigenvalue weighted by Crippen LogP contribution is -2.53. The average Bonchev–Trinajstić information content (AvgIpc) is 3.24. The molecule has 0 aromatic heterocycles. The fourth-order valence-electron chi connectivity index (χ4n) is 4.12. The van der Waals surface area contributed by atoms with Gasteiger partial charge >= 0.3 is 17.8 Å². The number of urea groups is 1. The Morgan fingerprint density at radius 1 is 0.889 bits per heavy atom. The van der Waals surface area contributed by atoms with Crippen molar-refractivity contribution in [2.45, 2.75) is 50.6 Å². The van der Waals surface area contributed by atoms with E-state index < -0.39 is 17.8 Å². The van der Waals surface area contributed by atoms with Crippen molar-refractivity contribution in [3.63, 3.8) is 0 Å². The fourth-order valence-corrected chi connectivity index (χ4v) is 4.12. The summed E-state index contributed by atoms with van der Waals surface area (Å²) in [6.07, 6.45) is 5.72. The first-order valence-corrected chi connectivity index (χ1v) is 9.96. The number of imide groups is 2. The van der Waals surface area contributed by atoms with Crippen LogP contribution in [-0.4, -0.2) is 94.8 Å². The minimum absolute atomic E-state index is 0.0636. The summed E-state index contributed by atoms with van der Waals surface area (Å²) in [6, 6.07) is -0.227. The molecule has 0 radical (unpaired) electrons. The van der Waals surface area contributed by atoms with Crippen LogP contribution in [0.25, 0.3) is 0 Å². The highest BCUT2D eigenvalue weighted by molar-refractivity contribution is 6.44. The van der Waals surface area contributed by atoms with Crippen LogP contribution in [-0.2, 0) is 14.4 Å². The summed E-state index contributed by atoms with van der Waals surface area (Å²) in [4.78, 5) is 55.4. The van der Waals surface area contributed by atoms with Gasteiger partial charge in [-0.2, -0.15) is 0 Å². The van der Waals surface area contributed by atoms with E-state index in [-0.39, 0.29) is 18.6 Å². The zero-order valence-electron chi connectivity index (χ0n) is 15.6. The molecule has 2 heterocycles. The van der Waals surface area contributed by atoms with Crippen molar-refractivity contribution in [3.05, 3.63) is 0 Å². The molecule has 5 amide bonds. The van der Waals surface area contributed by atoms with E-state index in [4.69, 9.17) is 0 Å². The van der Waals surface area contributed by atoms with Crippen molar-refractivity contribution in [3.8, 4) is 0 Å². The molecule has 0 aromatic carbocycles. The Bertz CT molecular complexity index is 636. The zero-order valence-corrected chi connectivity index (χ0v) is 15.6. The van der Waals surface area contributed by atoms with E-state index in [2.05, 4.69) is 10.2 Å².